The Labute approximate surface area is 92.7 Å². The lowest BCUT2D eigenvalue weighted by Gasteiger charge is -2.28. The van der Waals surface area contributed by atoms with E-state index in [0.717, 1.165) is 24.3 Å². The minimum absolute atomic E-state index is 0.783. The maximum absolute atomic E-state index is 3.74. The van der Waals surface area contributed by atoms with Gasteiger partial charge in [0.15, 0.2) is 0 Å². The Hall–Kier alpha value is 0.0500. The van der Waals surface area contributed by atoms with E-state index in [-0.39, 0.29) is 0 Å². The zero-order valence-corrected chi connectivity index (χ0v) is 10.1. The van der Waals surface area contributed by atoms with Crippen molar-refractivity contribution >= 4 is 11.8 Å². The van der Waals surface area contributed by atoms with E-state index in [1.54, 1.807) is 0 Å². The minimum atomic E-state index is 0.783. The first-order chi connectivity index (χ1) is 6.86. The second kappa shape index (κ2) is 7.36. The molecule has 0 aliphatic heterocycles. The smallest absolute Gasteiger partial charge is 0.00776 e. The van der Waals surface area contributed by atoms with Crippen LogP contribution in [0.2, 0.25) is 0 Å². The molecular weight excluding hydrogens is 190 g/mol. The van der Waals surface area contributed by atoms with Crippen molar-refractivity contribution in [3.05, 3.63) is 12.7 Å². The molecule has 0 amide bonds. The summed E-state index contributed by atoms with van der Waals surface area (Å²) in [4.78, 5) is 0. The fraction of sp³-hybridized carbons (Fsp3) is 0.833. The van der Waals surface area contributed by atoms with Crippen LogP contribution in [-0.2, 0) is 0 Å². The van der Waals surface area contributed by atoms with Crippen LogP contribution in [0.5, 0.6) is 0 Å². The molecule has 1 aliphatic carbocycles. The molecule has 0 saturated heterocycles. The second-order valence-electron chi connectivity index (χ2n) is 4.11. The Balaban J connectivity index is 2.08. The molecule has 1 nitrogen and oxygen atoms in total. The van der Waals surface area contributed by atoms with Crippen molar-refractivity contribution in [3.8, 4) is 0 Å². The quantitative estimate of drug-likeness (QED) is 0.537. The number of hydrogen-bond acceptors (Lipinski definition) is 2. The van der Waals surface area contributed by atoms with E-state index in [2.05, 4.69) is 18.2 Å². The van der Waals surface area contributed by atoms with Gasteiger partial charge >= 0.3 is 0 Å². The number of hydrogen-bond donors (Lipinski definition) is 1. The molecule has 0 spiro atoms. The van der Waals surface area contributed by atoms with E-state index >= 15 is 0 Å². The third-order valence-corrected chi connectivity index (χ3v) is 4.07. The van der Waals surface area contributed by atoms with E-state index in [0.29, 0.717) is 0 Å². The highest BCUT2D eigenvalue weighted by Crippen LogP contribution is 2.26. The summed E-state index contributed by atoms with van der Waals surface area (Å²) in [7, 11) is 0. The van der Waals surface area contributed by atoms with Gasteiger partial charge in [0.25, 0.3) is 0 Å². The van der Waals surface area contributed by atoms with Crippen molar-refractivity contribution in [2.75, 3.05) is 12.8 Å². The van der Waals surface area contributed by atoms with E-state index in [1.165, 1.54) is 32.1 Å². The predicted octanol–water partition coefficient (Wildman–Crippen LogP) is 3.22. The van der Waals surface area contributed by atoms with Crippen LogP contribution in [0.4, 0.5) is 0 Å². The molecule has 0 radical (unpaired) electrons. The summed E-state index contributed by atoms with van der Waals surface area (Å²) in [5.74, 6) is 0. The zero-order chi connectivity index (χ0) is 10.2. The highest BCUT2D eigenvalue weighted by Gasteiger charge is 2.20. The summed E-state index contributed by atoms with van der Waals surface area (Å²) in [5, 5.41) is 4.56. The van der Waals surface area contributed by atoms with Crippen LogP contribution in [0.15, 0.2) is 12.7 Å². The molecule has 1 saturated carbocycles. The van der Waals surface area contributed by atoms with Crippen LogP contribution < -0.4 is 5.32 Å². The molecule has 0 aromatic rings. The number of thioether (sulfide) groups is 1. The van der Waals surface area contributed by atoms with E-state index in [4.69, 9.17) is 0 Å². The normalized spacial score (nSPS) is 27.5. The van der Waals surface area contributed by atoms with Crippen LogP contribution in [0.1, 0.15) is 38.5 Å². The lowest BCUT2D eigenvalue weighted by molar-refractivity contribution is 0.380. The van der Waals surface area contributed by atoms with Crippen molar-refractivity contribution < 1.29 is 0 Å². The fourth-order valence-corrected chi connectivity index (χ4v) is 2.92. The van der Waals surface area contributed by atoms with Crippen molar-refractivity contribution in [2.24, 2.45) is 0 Å². The molecule has 82 valence electrons. The predicted molar refractivity (Wildman–Crippen MR) is 67.0 cm³/mol. The van der Waals surface area contributed by atoms with Gasteiger partial charge in [-0.15, -0.1) is 6.58 Å². The molecule has 1 aliphatic rings. The molecule has 14 heavy (non-hydrogen) atoms. The van der Waals surface area contributed by atoms with Crippen molar-refractivity contribution in [1.82, 2.24) is 5.32 Å². The average molecular weight is 213 g/mol. The molecule has 0 heterocycles. The highest BCUT2D eigenvalue weighted by molar-refractivity contribution is 7.99. The molecule has 0 aromatic heterocycles. The first kappa shape index (κ1) is 12.1. The maximum Gasteiger partial charge on any atom is 0.00776 e. The van der Waals surface area contributed by atoms with Gasteiger partial charge in [-0.05, 0) is 44.9 Å². The summed E-state index contributed by atoms with van der Waals surface area (Å²) >= 11 is 2.04. The second-order valence-corrected chi connectivity index (χ2v) is 5.24. The molecule has 2 heteroatoms. The number of unbranched alkanes of at least 4 members (excludes halogenated alkanes) is 1. The van der Waals surface area contributed by atoms with Crippen molar-refractivity contribution in [2.45, 2.75) is 49.8 Å². The topological polar surface area (TPSA) is 12.0 Å². The number of rotatable bonds is 6. The summed E-state index contributed by atoms with van der Waals surface area (Å²) in [6, 6.07) is 0.783. The molecular formula is C12H23NS. The van der Waals surface area contributed by atoms with Gasteiger partial charge in [0.1, 0.15) is 0 Å². The van der Waals surface area contributed by atoms with E-state index in [1.807, 2.05) is 17.8 Å². The van der Waals surface area contributed by atoms with Crippen LogP contribution in [-0.4, -0.2) is 24.1 Å². The van der Waals surface area contributed by atoms with Crippen LogP contribution in [0.25, 0.3) is 0 Å². The Kier molecular flexibility index (Phi) is 6.37. The van der Waals surface area contributed by atoms with E-state index < -0.39 is 0 Å². The van der Waals surface area contributed by atoms with Gasteiger partial charge in [0.2, 0.25) is 0 Å². The number of allylic oxidation sites excluding steroid dienone is 1. The third-order valence-electron chi connectivity index (χ3n) is 2.98. The van der Waals surface area contributed by atoms with Crippen molar-refractivity contribution in [1.29, 1.82) is 0 Å². The standard InChI is InChI=1S/C12H23NS/c1-3-4-5-9-13-11-7-6-8-12(10-11)14-2/h3,11-13H,1,4-10H2,2H3. The van der Waals surface area contributed by atoms with Gasteiger partial charge in [0.05, 0.1) is 0 Å². The van der Waals surface area contributed by atoms with Gasteiger partial charge in [-0.25, -0.2) is 0 Å². The first-order valence-corrected chi connectivity index (χ1v) is 7.02. The van der Waals surface area contributed by atoms with Crippen LogP contribution >= 0.6 is 11.8 Å². The van der Waals surface area contributed by atoms with Crippen LogP contribution in [0, 0.1) is 0 Å². The van der Waals surface area contributed by atoms with Crippen molar-refractivity contribution in [3.63, 3.8) is 0 Å². The Bertz CT molecular complexity index is 158. The third kappa shape index (κ3) is 4.52. The Morgan fingerprint density at radius 1 is 1.50 bits per heavy atom. The lowest BCUT2D eigenvalue weighted by atomic mass is 9.95. The fourth-order valence-electron chi connectivity index (χ4n) is 2.10. The first-order valence-electron chi connectivity index (χ1n) is 5.74. The van der Waals surface area contributed by atoms with Gasteiger partial charge in [0, 0.05) is 11.3 Å². The van der Waals surface area contributed by atoms with E-state index in [9.17, 15) is 0 Å². The zero-order valence-electron chi connectivity index (χ0n) is 9.30. The van der Waals surface area contributed by atoms with Crippen LogP contribution in [0.3, 0.4) is 0 Å². The minimum Gasteiger partial charge on any atom is -0.314 e. The summed E-state index contributed by atoms with van der Waals surface area (Å²) in [5.41, 5.74) is 0. The molecule has 1 rings (SSSR count). The van der Waals surface area contributed by atoms with Gasteiger partial charge in [-0.1, -0.05) is 12.5 Å². The maximum atomic E-state index is 3.74. The lowest BCUT2D eigenvalue weighted by Crippen LogP contribution is -2.35. The molecule has 0 aromatic carbocycles. The largest absolute Gasteiger partial charge is 0.314 e. The molecule has 2 unspecified atom stereocenters. The molecule has 2 atom stereocenters. The summed E-state index contributed by atoms with van der Waals surface area (Å²) < 4.78 is 0. The van der Waals surface area contributed by atoms with Gasteiger partial charge in [-0.3, -0.25) is 0 Å². The van der Waals surface area contributed by atoms with Gasteiger partial charge < -0.3 is 5.32 Å². The molecule has 0 bridgehead atoms. The monoisotopic (exact) mass is 213 g/mol. The average Bonchev–Trinajstić information content (AvgIpc) is 2.25. The summed E-state index contributed by atoms with van der Waals surface area (Å²) in [6.07, 6.45) is 12.2. The summed E-state index contributed by atoms with van der Waals surface area (Å²) in [6.45, 7) is 4.90. The Morgan fingerprint density at radius 2 is 2.36 bits per heavy atom. The molecule has 1 N–H and O–H groups in total. The van der Waals surface area contributed by atoms with Gasteiger partial charge in [-0.2, -0.15) is 11.8 Å². The molecule has 1 fully saturated rings. The number of nitrogens with one attached hydrogen (secondary N) is 1. The highest BCUT2D eigenvalue weighted by atomic mass is 32.2. The Morgan fingerprint density at radius 3 is 3.07 bits per heavy atom. The SMILES string of the molecule is C=CCCCNC1CCCC(SC)C1.